The lowest BCUT2D eigenvalue weighted by Gasteiger charge is -2.18. The van der Waals surface area contributed by atoms with Crippen molar-refractivity contribution in [3.63, 3.8) is 0 Å². The van der Waals surface area contributed by atoms with Crippen LogP contribution in [0.3, 0.4) is 0 Å². The third-order valence-electron chi connectivity index (χ3n) is 4.46. The summed E-state index contributed by atoms with van der Waals surface area (Å²) in [5.41, 5.74) is 5.16. The van der Waals surface area contributed by atoms with Gasteiger partial charge in [0.05, 0.1) is 5.69 Å². The lowest BCUT2D eigenvalue weighted by atomic mass is 10.1. The van der Waals surface area contributed by atoms with Crippen molar-refractivity contribution in [2.24, 2.45) is 0 Å². The van der Waals surface area contributed by atoms with Crippen molar-refractivity contribution in [2.45, 2.75) is 31.7 Å². The SMILES string of the molecule is CN(C)c1cccc(-n2c(C3CC3)nc3c2CCNC3)c1. The van der Waals surface area contributed by atoms with Crippen molar-refractivity contribution in [1.29, 1.82) is 0 Å². The van der Waals surface area contributed by atoms with Crippen LogP contribution in [0.2, 0.25) is 0 Å². The zero-order chi connectivity index (χ0) is 14.4. The van der Waals surface area contributed by atoms with E-state index < -0.39 is 0 Å². The highest BCUT2D eigenvalue weighted by Gasteiger charge is 2.32. The van der Waals surface area contributed by atoms with E-state index in [2.05, 4.69) is 53.1 Å². The monoisotopic (exact) mass is 282 g/mol. The summed E-state index contributed by atoms with van der Waals surface area (Å²) in [5.74, 6) is 1.94. The van der Waals surface area contributed by atoms with Gasteiger partial charge in [0.25, 0.3) is 0 Å². The number of hydrogen-bond acceptors (Lipinski definition) is 3. The second kappa shape index (κ2) is 4.88. The Labute approximate surface area is 125 Å². The Morgan fingerprint density at radius 1 is 1.29 bits per heavy atom. The molecule has 1 N–H and O–H groups in total. The second-order valence-electron chi connectivity index (χ2n) is 6.31. The molecule has 0 unspecified atom stereocenters. The fraction of sp³-hybridized carbons (Fsp3) is 0.471. The van der Waals surface area contributed by atoms with Crippen LogP contribution >= 0.6 is 0 Å². The first-order valence-corrected chi connectivity index (χ1v) is 7.83. The summed E-state index contributed by atoms with van der Waals surface area (Å²) < 4.78 is 2.43. The van der Waals surface area contributed by atoms with Crippen LogP contribution < -0.4 is 10.2 Å². The summed E-state index contributed by atoms with van der Waals surface area (Å²) >= 11 is 0. The molecule has 4 nitrogen and oxygen atoms in total. The number of nitrogens with one attached hydrogen (secondary N) is 1. The van der Waals surface area contributed by atoms with Crippen LogP contribution in [0.25, 0.3) is 5.69 Å². The average Bonchev–Trinajstić information content (AvgIpc) is 3.27. The molecule has 4 rings (SSSR count). The maximum Gasteiger partial charge on any atom is 0.116 e. The molecule has 1 aliphatic carbocycles. The van der Waals surface area contributed by atoms with Gasteiger partial charge in [0.1, 0.15) is 5.82 Å². The quantitative estimate of drug-likeness (QED) is 0.939. The maximum absolute atomic E-state index is 4.95. The fourth-order valence-electron chi connectivity index (χ4n) is 3.15. The first-order chi connectivity index (χ1) is 10.2. The zero-order valence-corrected chi connectivity index (χ0v) is 12.8. The van der Waals surface area contributed by atoms with Crippen molar-refractivity contribution in [1.82, 2.24) is 14.9 Å². The Kier molecular flexibility index (Phi) is 3.00. The normalized spacial score (nSPS) is 17.6. The van der Waals surface area contributed by atoms with Gasteiger partial charge in [-0.1, -0.05) is 6.07 Å². The summed E-state index contributed by atoms with van der Waals surface area (Å²) in [6, 6.07) is 8.79. The summed E-state index contributed by atoms with van der Waals surface area (Å²) in [6.45, 7) is 1.96. The molecule has 21 heavy (non-hydrogen) atoms. The zero-order valence-electron chi connectivity index (χ0n) is 12.8. The molecule has 2 aromatic rings. The summed E-state index contributed by atoms with van der Waals surface area (Å²) in [7, 11) is 4.18. The van der Waals surface area contributed by atoms with Crippen LogP contribution in [0.15, 0.2) is 24.3 Å². The van der Waals surface area contributed by atoms with Crippen LogP contribution in [0, 0.1) is 0 Å². The topological polar surface area (TPSA) is 33.1 Å². The highest BCUT2D eigenvalue weighted by Crippen LogP contribution is 2.41. The molecule has 0 spiro atoms. The van der Waals surface area contributed by atoms with Gasteiger partial charge in [-0.05, 0) is 31.0 Å². The Bertz CT molecular complexity index is 667. The van der Waals surface area contributed by atoms with Gasteiger partial charge in [-0.2, -0.15) is 0 Å². The van der Waals surface area contributed by atoms with E-state index >= 15 is 0 Å². The standard InChI is InChI=1S/C17H22N4/c1-20(2)13-4-3-5-14(10-13)21-16-8-9-18-11-15(16)19-17(21)12-6-7-12/h3-5,10,12,18H,6-9,11H2,1-2H3. The van der Waals surface area contributed by atoms with Gasteiger partial charge >= 0.3 is 0 Å². The number of benzene rings is 1. The van der Waals surface area contributed by atoms with Gasteiger partial charge in [-0.25, -0.2) is 4.98 Å². The molecule has 0 saturated heterocycles. The van der Waals surface area contributed by atoms with Crippen molar-refractivity contribution < 1.29 is 0 Å². The van der Waals surface area contributed by atoms with Gasteiger partial charge in [-0.3, -0.25) is 0 Å². The van der Waals surface area contributed by atoms with E-state index in [-0.39, 0.29) is 0 Å². The largest absolute Gasteiger partial charge is 0.378 e. The molecule has 1 aromatic heterocycles. The van der Waals surface area contributed by atoms with Crippen LogP contribution in [-0.2, 0) is 13.0 Å². The van der Waals surface area contributed by atoms with Gasteiger partial charge in [-0.15, -0.1) is 0 Å². The van der Waals surface area contributed by atoms with Crippen LogP contribution in [-0.4, -0.2) is 30.2 Å². The average molecular weight is 282 g/mol. The van der Waals surface area contributed by atoms with Crippen LogP contribution in [0.4, 0.5) is 5.69 Å². The number of fused-ring (bicyclic) bond motifs is 1. The highest BCUT2D eigenvalue weighted by atomic mass is 15.1. The van der Waals surface area contributed by atoms with Crippen LogP contribution in [0.1, 0.15) is 36.0 Å². The third-order valence-corrected chi connectivity index (χ3v) is 4.46. The van der Waals surface area contributed by atoms with Crippen LogP contribution in [0.5, 0.6) is 0 Å². The molecule has 110 valence electrons. The minimum atomic E-state index is 0.665. The third kappa shape index (κ3) is 2.23. The molecule has 4 heteroatoms. The smallest absolute Gasteiger partial charge is 0.116 e. The highest BCUT2D eigenvalue weighted by molar-refractivity contribution is 5.54. The molecule has 0 amide bonds. The Morgan fingerprint density at radius 3 is 2.90 bits per heavy atom. The molecular weight excluding hydrogens is 260 g/mol. The Morgan fingerprint density at radius 2 is 2.14 bits per heavy atom. The van der Waals surface area contributed by atoms with E-state index in [9.17, 15) is 0 Å². The lowest BCUT2D eigenvalue weighted by molar-refractivity contribution is 0.620. The van der Waals surface area contributed by atoms with E-state index in [1.54, 1.807) is 0 Å². The van der Waals surface area contributed by atoms with Gasteiger partial charge < -0.3 is 14.8 Å². The molecule has 0 radical (unpaired) electrons. The number of aromatic nitrogens is 2. The number of anilines is 1. The van der Waals surface area contributed by atoms with Gasteiger partial charge in [0.2, 0.25) is 0 Å². The number of hydrogen-bond donors (Lipinski definition) is 1. The first kappa shape index (κ1) is 12.9. The molecular formula is C17H22N4. The fourth-order valence-corrected chi connectivity index (χ4v) is 3.15. The number of rotatable bonds is 3. The molecule has 1 aromatic carbocycles. The molecule has 0 atom stereocenters. The Hall–Kier alpha value is -1.81. The minimum Gasteiger partial charge on any atom is -0.378 e. The lowest BCUT2D eigenvalue weighted by Crippen LogP contribution is -2.24. The molecule has 0 bridgehead atoms. The van der Waals surface area contributed by atoms with E-state index in [1.807, 2.05) is 0 Å². The number of imidazole rings is 1. The summed E-state index contributed by atoms with van der Waals surface area (Å²) in [4.78, 5) is 7.11. The van der Waals surface area contributed by atoms with E-state index in [4.69, 9.17) is 4.98 Å². The molecule has 1 fully saturated rings. The summed E-state index contributed by atoms with van der Waals surface area (Å²) in [6.07, 6.45) is 3.65. The van der Waals surface area contributed by atoms with Gasteiger partial charge in [0, 0.05) is 56.6 Å². The molecule has 1 saturated carbocycles. The predicted molar refractivity (Wildman–Crippen MR) is 85.3 cm³/mol. The second-order valence-corrected chi connectivity index (χ2v) is 6.31. The van der Waals surface area contributed by atoms with Crippen molar-refractivity contribution in [2.75, 3.05) is 25.5 Å². The maximum atomic E-state index is 4.95. The van der Waals surface area contributed by atoms with Crippen molar-refractivity contribution in [3.8, 4) is 5.69 Å². The first-order valence-electron chi connectivity index (χ1n) is 7.83. The summed E-state index contributed by atoms with van der Waals surface area (Å²) in [5, 5.41) is 3.44. The van der Waals surface area contributed by atoms with Gasteiger partial charge in [0.15, 0.2) is 0 Å². The molecule has 2 heterocycles. The van der Waals surface area contributed by atoms with Crippen molar-refractivity contribution in [3.05, 3.63) is 41.5 Å². The predicted octanol–water partition coefficient (Wildman–Crippen LogP) is 2.46. The minimum absolute atomic E-state index is 0.665. The van der Waals surface area contributed by atoms with E-state index in [0.717, 1.165) is 19.5 Å². The van der Waals surface area contributed by atoms with E-state index in [1.165, 1.54) is 41.4 Å². The Balaban J connectivity index is 1.86. The van der Waals surface area contributed by atoms with E-state index in [0.29, 0.717) is 5.92 Å². The molecule has 2 aliphatic rings. The molecule has 1 aliphatic heterocycles. The van der Waals surface area contributed by atoms with Crippen molar-refractivity contribution >= 4 is 5.69 Å². The number of nitrogens with zero attached hydrogens (tertiary/aromatic N) is 3.